The predicted octanol–water partition coefficient (Wildman–Crippen LogP) is 2.96. The Bertz CT molecular complexity index is 72.6. The quantitative estimate of drug-likeness (QED) is 0.502. The van der Waals surface area contributed by atoms with E-state index in [1.165, 1.54) is 0 Å². The molecule has 0 N–H and O–H groups in total. The van der Waals surface area contributed by atoms with Crippen molar-refractivity contribution >= 4 is 0 Å². The molecular weight excluding hydrogens is 110 g/mol. The summed E-state index contributed by atoms with van der Waals surface area (Å²) in [5, 5.41) is 0. The first-order chi connectivity index (χ1) is 3.77. The van der Waals surface area contributed by atoms with E-state index in [1.807, 2.05) is 6.92 Å². The van der Waals surface area contributed by atoms with E-state index in [1.54, 1.807) is 0 Å². The SMILES string of the molecule is CCCCC=C(F)F. The Balaban J connectivity index is 3.03. The van der Waals surface area contributed by atoms with Gasteiger partial charge in [-0.15, -0.1) is 0 Å². The Morgan fingerprint density at radius 1 is 1.50 bits per heavy atom. The maximum Gasteiger partial charge on any atom is 0.266 e. The molecule has 48 valence electrons. The second-order valence-corrected chi connectivity index (χ2v) is 1.64. The molecule has 0 aliphatic heterocycles. The van der Waals surface area contributed by atoms with E-state index in [2.05, 4.69) is 0 Å². The van der Waals surface area contributed by atoms with Crippen molar-refractivity contribution in [1.82, 2.24) is 0 Å². The van der Waals surface area contributed by atoms with Gasteiger partial charge >= 0.3 is 0 Å². The second-order valence-electron chi connectivity index (χ2n) is 1.64. The van der Waals surface area contributed by atoms with Crippen LogP contribution < -0.4 is 0 Å². The van der Waals surface area contributed by atoms with Crippen molar-refractivity contribution in [3.63, 3.8) is 0 Å². The Morgan fingerprint density at radius 2 is 2.12 bits per heavy atom. The van der Waals surface area contributed by atoms with Crippen molar-refractivity contribution in [2.75, 3.05) is 0 Å². The van der Waals surface area contributed by atoms with E-state index in [0.717, 1.165) is 18.9 Å². The average molecular weight is 120 g/mol. The van der Waals surface area contributed by atoms with Crippen LogP contribution in [-0.2, 0) is 0 Å². The fraction of sp³-hybridized carbons (Fsp3) is 0.667. The Labute approximate surface area is 48.2 Å². The van der Waals surface area contributed by atoms with Crippen molar-refractivity contribution in [1.29, 1.82) is 0 Å². The third-order valence-electron chi connectivity index (χ3n) is 0.856. The highest BCUT2D eigenvalue weighted by atomic mass is 19.3. The minimum Gasteiger partial charge on any atom is -0.174 e. The first kappa shape index (κ1) is 7.60. The topological polar surface area (TPSA) is 0 Å². The molecule has 0 nitrogen and oxygen atoms in total. The third kappa shape index (κ3) is 5.60. The molecule has 0 saturated heterocycles. The van der Waals surface area contributed by atoms with E-state index in [0.29, 0.717) is 6.42 Å². The molecule has 0 bridgehead atoms. The number of rotatable bonds is 3. The zero-order valence-corrected chi connectivity index (χ0v) is 4.95. The summed E-state index contributed by atoms with van der Waals surface area (Å²) >= 11 is 0. The fourth-order valence-corrected chi connectivity index (χ4v) is 0.415. The van der Waals surface area contributed by atoms with Gasteiger partial charge in [0, 0.05) is 0 Å². The van der Waals surface area contributed by atoms with Crippen LogP contribution in [0.1, 0.15) is 26.2 Å². The second kappa shape index (κ2) is 4.75. The zero-order chi connectivity index (χ0) is 6.41. The van der Waals surface area contributed by atoms with Gasteiger partial charge < -0.3 is 0 Å². The van der Waals surface area contributed by atoms with Gasteiger partial charge in [0.2, 0.25) is 0 Å². The lowest BCUT2D eigenvalue weighted by Gasteiger charge is -1.84. The van der Waals surface area contributed by atoms with Gasteiger partial charge in [-0.05, 0) is 18.9 Å². The smallest absolute Gasteiger partial charge is 0.174 e. The summed E-state index contributed by atoms with van der Waals surface area (Å²) in [6, 6.07) is 0. The molecule has 0 aromatic carbocycles. The molecule has 0 saturated carbocycles. The molecule has 0 amide bonds. The van der Waals surface area contributed by atoms with Crippen LogP contribution in [0.3, 0.4) is 0 Å². The first-order valence-electron chi connectivity index (χ1n) is 2.78. The van der Waals surface area contributed by atoms with Crippen LogP contribution in [-0.4, -0.2) is 0 Å². The van der Waals surface area contributed by atoms with E-state index >= 15 is 0 Å². The summed E-state index contributed by atoms with van der Waals surface area (Å²) in [5.41, 5.74) is 0. The molecule has 0 aromatic heterocycles. The van der Waals surface area contributed by atoms with Crippen LogP contribution in [0.25, 0.3) is 0 Å². The predicted molar refractivity (Wildman–Crippen MR) is 29.8 cm³/mol. The minimum atomic E-state index is -1.56. The molecule has 2 heteroatoms. The minimum absolute atomic E-state index is 0.513. The van der Waals surface area contributed by atoms with Gasteiger partial charge in [0.25, 0.3) is 6.08 Å². The lowest BCUT2D eigenvalue weighted by Crippen LogP contribution is -1.66. The van der Waals surface area contributed by atoms with Crippen LogP contribution in [0.15, 0.2) is 12.2 Å². The van der Waals surface area contributed by atoms with Crippen LogP contribution in [0.4, 0.5) is 8.78 Å². The van der Waals surface area contributed by atoms with Crippen molar-refractivity contribution in [2.24, 2.45) is 0 Å². The average Bonchev–Trinajstić information content (AvgIpc) is 1.66. The van der Waals surface area contributed by atoms with Crippen LogP contribution in [0, 0.1) is 0 Å². The molecule has 0 heterocycles. The molecule has 0 rings (SSSR count). The van der Waals surface area contributed by atoms with Crippen LogP contribution in [0.5, 0.6) is 0 Å². The zero-order valence-electron chi connectivity index (χ0n) is 4.95. The number of halogens is 2. The van der Waals surface area contributed by atoms with Crippen molar-refractivity contribution in [2.45, 2.75) is 26.2 Å². The first-order valence-corrected chi connectivity index (χ1v) is 2.78. The van der Waals surface area contributed by atoms with Crippen molar-refractivity contribution < 1.29 is 8.78 Å². The maximum absolute atomic E-state index is 11.2. The van der Waals surface area contributed by atoms with Gasteiger partial charge in [-0.3, -0.25) is 0 Å². The lowest BCUT2D eigenvalue weighted by atomic mass is 10.2. The Morgan fingerprint density at radius 3 is 2.50 bits per heavy atom. The van der Waals surface area contributed by atoms with Gasteiger partial charge in [0.1, 0.15) is 0 Å². The standard InChI is InChI=1S/C6H10F2/c1-2-3-4-5-6(7)8/h5H,2-4H2,1H3. The Hall–Kier alpha value is -0.400. The van der Waals surface area contributed by atoms with Crippen LogP contribution >= 0.6 is 0 Å². The molecule has 0 spiro atoms. The molecule has 0 atom stereocenters. The molecule has 0 aromatic rings. The van der Waals surface area contributed by atoms with Gasteiger partial charge in [-0.25, -0.2) is 0 Å². The third-order valence-corrected chi connectivity index (χ3v) is 0.856. The molecule has 8 heavy (non-hydrogen) atoms. The molecule has 0 radical (unpaired) electrons. The van der Waals surface area contributed by atoms with E-state index in [-0.39, 0.29) is 0 Å². The van der Waals surface area contributed by atoms with Gasteiger partial charge in [-0.2, -0.15) is 8.78 Å². The summed E-state index contributed by atoms with van der Waals surface area (Å²) in [7, 11) is 0. The molecule has 0 aliphatic carbocycles. The highest BCUT2D eigenvalue weighted by Gasteiger charge is 1.84. The fourth-order valence-electron chi connectivity index (χ4n) is 0.415. The van der Waals surface area contributed by atoms with E-state index < -0.39 is 6.08 Å². The monoisotopic (exact) mass is 120 g/mol. The largest absolute Gasteiger partial charge is 0.266 e. The maximum atomic E-state index is 11.2. The summed E-state index contributed by atoms with van der Waals surface area (Å²) in [6.45, 7) is 1.98. The van der Waals surface area contributed by atoms with Gasteiger partial charge in [-0.1, -0.05) is 13.3 Å². The van der Waals surface area contributed by atoms with E-state index in [4.69, 9.17) is 0 Å². The van der Waals surface area contributed by atoms with Crippen molar-refractivity contribution in [3.8, 4) is 0 Å². The summed E-state index contributed by atoms with van der Waals surface area (Å²) in [5.74, 6) is 0. The normalized spacial score (nSPS) is 8.88. The van der Waals surface area contributed by atoms with E-state index in [9.17, 15) is 8.78 Å². The molecule has 0 unspecified atom stereocenters. The van der Waals surface area contributed by atoms with Crippen LogP contribution in [0.2, 0.25) is 0 Å². The summed E-state index contributed by atoms with van der Waals surface area (Å²) < 4.78 is 22.4. The number of unbranched alkanes of at least 4 members (excludes halogenated alkanes) is 2. The summed E-state index contributed by atoms with van der Waals surface area (Å²) in [6.07, 6.45) is 1.75. The highest BCUT2D eigenvalue weighted by Crippen LogP contribution is 2.02. The van der Waals surface area contributed by atoms with Crippen molar-refractivity contribution in [3.05, 3.63) is 12.2 Å². The molecule has 0 fully saturated rings. The summed E-state index contributed by atoms with van der Waals surface area (Å²) in [4.78, 5) is 0. The lowest BCUT2D eigenvalue weighted by molar-refractivity contribution is 0.417. The molecular formula is C6H10F2. The highest BCUT2D eigenvalue weighted by molar-refractivity contribution is 4.79. The number of allylic oxidation sites excluding steroid dienone is 1. The number of hydrogen-bond donors (Lipinski definition) is 0. The van der Waals surface area contributed by atoms with Gasteiger partial charge in [0.05, 0.1) is 0 Å². The van der Waals surface area contributed by atoms with Gasteiger partial charge in [0.15, 0.2) is 0 Å². The Kier molecular flexibility index (Phi) is 4.51. The molecule has 0 aliphatic rings. The number of hydrogen-bond acceptors (Lipinski definition) is 0.